The fourth-order valence-corrected chi connectivity index (χ4v) is 4.75. The zero-order valence-corrected chi connectivity index (χ0v) is 18.2. The van der Waals surface area contributed by atoms with Gasteiger partial charge in [0.2, 0.25) is 0 Å². The van der Waals surface area contributed by atoms with Gasteiger partial charge in [0, 0.05) is 38.4 Å². The largest absolute Gasteiger partial charge is 0.455 e. The molecule has 31 heavy (non-hydrogen) atoms. The summed E-state index contributed by atoms with van der Waals surface area (Å²) in [6.45, 7) is 1.56. The van der Waals surface area contributed by atoms with Crippen molar-refractivity contribution in [1.82, 2.24) is 19.2 Å². The monoisotopic (exact) mass is 452 g/mol. The van der Waals surface area contributed by atoms with Gasteiger partial charge in [0.15, 0.2) is 11.6 Å². The maximum absolute atomic E-state index is 13.6. The SMILES string of the molecule is Cc1nc(S(=O)(=O)N2CCC(C(=O)OCC(=O)NCc3ccccc3F)CC2)cn1C. The zero-order chi connectivity index (χ0) is 22.6. The van der Waals surface area contributed by atoms with E-state index >= 15 is 0 Å². The average Bonchev–Trinajstić information content (AvgIpc) is 3.10. The highest BCUT2D eigenvalue weighted by Crippen LogP contribution is 2.24. The van der Waals surface area contributed by atoms with Crippen LogP contribution in [0.3, 0.4) is 0 Å². The number of hydrogen-bond donors (Lipinski definition) is 1. The molecule has 0 spiro atoms. The molecule has 1 amide bonds. The van der Waals surface area contributed by atoms with Crippen molar-refractivity contribution < 1.29 is 27.1 Å². The van der Waals surface area contributed by atoms with Gasteiger partial charge >= 0.3 is 5.97 Å². The van der Waals surface area contributed by atoms with E-state index in [1.165, 1.54) is 16.6 Å². The van der Waals surface area contributed by atoms with Crippen LogP contribution in [-0.4, -0.2) is 53.8 Å². The molecule has 0 saturated carbocycles. The lowest BCUT2D eigenvalue weighted by Crippen LogP contribution is -2.41. The Bertz CT molecular complexity index is 1040. The molecule has 0 unspecified atom stereocenters. The molecular formula is C20H25FN4O5S. The number of benzene rings is 1. The van der Waals surface area contributed by atoms with Crippen molar-refractivity contribution >= 4 is 21.9 Å². The van der Waals surface area contributed by atoms with Crippen LogP contribution in [0.25, 0.3) is 0 Å². The first-order chi connectivity index (χ1) is 14.7. The summed E-state index contributed by atoms with van der Waals surface area (Å²) in [5, 5.41) is 2.48. The Kier molecular flexibility index (Phi) is 7.06. The van der Waals surface area contributed by atoms with Crippen LogP contribution in [0, 0.1) is 18.7 Å². The summed E-state index contributed by atoms with van der Waals surface area (Å²) in [6.07, 6.45) is 2.05. The van der Waals surface area contributed by atoms with Gasteiger partial charge in [-0.15, -0.1) is 0 Å². The number of sulfonamides is 1. The van der Waals surface area contributed by atoms with E-state index in [0.717, 1.165) is 0 Å². The number of hydrogen-bond acceptors (Lipinski definition) is 6. The van der Waals surface area contributed by atoms with Crippen LogP contribution in [0.5, 0.6) is 0 Å². The minimum atomic E-state index is -3.72. The van der Waals surface area contributed by atoms with E-state index in [-0.39, 0.29) is 24.7 Å². The summed E-state index contributed by atoms with van der Waals surface area (Å²) in [4.78, 5) is 28.2. The van der Waals surface area contributed by atoms with Gasteiger partial charge in [-0.1, -0.05) is 18.2 Å². The molecule has 1 aromatic heterocycles. The Morgan fingerprint density at radius 3 is 2.55 bits per heavy atom. The summed E-state index contributed by atoms with van der Waals surface area (Å²) >= 11 is 0. The topological polar surface area (TPSA) is 111 Å². The third kappa shape index (κ3) is 5.47. The lowest BCUT2D eigenvalue weighted by molar-refractivity contribution is -0.153. The van der Waals surface area contributed by atoms with Gasteiger partial charge in [-0.3, -0.25) is 9.59 Å². The van der Waals surface area contributed by atoms with Gasteiger partial charge in [0.1, 0.15) is 11.6 Å². The van der Waals surface area contributed by atoms with Crippen molar-refractivity contribution in [1.29, 1.82) is 0 Å². The van der Waals surface area contributed by atoms with Crippen LogP contribution in [0.2, 0.25) is 0 Å². The van der Waals surface area contributed by atoms with E-state index in [9.17, 15) is 22.4 Å². The molecular weight excluding hydrogens is 427 g/mol. The molecule has 0 radical (unpaired) electrons. The molecule has 0 aliphatic carbocycles. The van der Waals surface area contributed by atoms with Crippen molar-refractivity contribution in [3.05, 3.63) is 47.7 Å². The molecule has 9 nitrogen and oxygen atoms in total. The van der Waals surface area contributed by atoms with E-state index in [1.54, 1.807) is 36.7 Å². The molecule has 1 aromatic carbocycles. The predicted octanol–water partition coefficient (Wildman–Crippen LogP) is 1.13. The van der Waals surface area contributed by atoms with Crippen LogP contribution in [0.4, 0.5) is 4.39 Å². The molecule has 3 rings (SSSR count). The van der Waals surface area contributed by atoms with Gasteiger partial charge in [0.05, 0.1) is 5.92 Å². The van der Waals surface area contributed by atoms with Crippen LogP contribution < -0.4 is 5.32 Å². The number of nitrogens with one attached hydrogen (secondary N) is 1. The second kappa shape index (κ2) is 9.56. The first-order valence-corrected chi connectivity index (χ1v) is 11.3. The average molecular weight is 453 g/mol. The van der Waals surface area contributed by atoms with Crippen molar-refractivity contribution in [3.63, 3.8) is 0 Å². The normalized spacial score (nSPS) is 15.6. The molecule has 1 aliphatic heterocycles. The number of aryl methyl sites for hydroxylation is 2. The molecule has 1 fully saturated rings. The number of esters is 1. The highest BCUT2D eigenvalue weighted by molar-refractivity contribution is 7.89. The summed E-state index contributed by atoms with van der Waals surface area (Å²) in [5.74, 6) is -1.42. The molecule has 0 bridgehead atoms. The fourth-order valence-electron chi connectivity index (χ4n) is 3.26. The van der Waals surface area contributed by atoms with E-state index in [0.29, 0.717) is 24.2 Å². The van der Waals surface area contributed by atoms with Crippen molar-refractivity contribution in [2.75, 3.05) is 19.7 Å². The van der Waals surface area contributed by atoms with Crippen LogP contribution in [0.15, 0.2) is 35.5 Å². The smallest absolute Gasteiger partial charge is 0.309 e. The fraction of sp³-hybridized carbons (Fsp3) is 0.450. The number of ether oxygens (including phenoxy) is 1. The van der Waals surface area contributed by atoms with Crippen LogP contribution in [-0.2, 0) is 37.9 Å². The van der Waals surface area contributed by atoms with E-state index in [2.05, 4.69) is 10.3 Å². The highest BCUT2D eigenvalue weighted by Gasteiger charge is 2.34. The van der Waals surface area contributed by atoms with E-state index in [1.807, 2.05) is 0 Å². The lowest BCUT2D eigenvalue weighted by atomic mass is 9.98. The quantitative estimate of drug-likeness (QED) is 0.631. The number of carbonyl (C=O) groups excluding carboxylic acids is 2. The number of halogens is 1. The second-order valence-corrected chi connectivity index (χ2v) is 9.28. The summed E-state index contributed by atoms with van der Waals surface area (Å²) in [7, 11) is -2.00. The van der Waals surface area contributed by atoms with Crippen LogP contribution >= 0.6 is 0 Å². The number of amides is 1. The number of imidazole rings is 1. The van der Waals surface area contributed by atoms with Crippen LogP contribution in [0.1, 0.15) is 24.2 Å². The summed E-state index contributed by atoms with van der Waals surface area (Å²) < 4.78 is 47.0. The number of piperidine rings is 1. The molecule has 2 aromatic rings. The minimum Gasteiger partial charge on any atom is -0.455 e. The van der Waals surface area contributed by atoms with E-state index < -0.39 is 40.2 Å². The maximum Gasteiger partial charge on any atom is 0.309 e. The summed E-state index contributed by atoms with van der Waals surface area (Å²) in [6, 6.07) is 6.06. The minimum absolute atomic E-state index is 0.00764. The zero-order valence-electron chi connectivity index (χ0n) is 17.4. The van der Waals surface area contributed by atoms with Gasteiger partial charge < -0.3 is 14.6 Å². The van der Waals surface area contributed by atoms with Gasteiger partial charge in [-0.2, -0.15) is 4.31 Å². The Labute approximate surface area is 180 Å². The Hall–Kier alpha value is -2.79. The number of aromatic nitrogens is 2. The van der Waals surface area contributed by atoms with Gasteiger partial charge in [0.25, 0.3) is 15.9 Å². The van der Waals surface area contributed by atoms with Gasteiger partial charge in [-0.05, 0) is 25.8 Å². The molecule has 0 atom stereocenters. The molecule has 11 heteroatoms. The molecule has 2 heterocycles. The number of carbonyl (C=O) groups is 2. The highest BCUT2D eigenvalue weighted by atomic mass is 32.2. The Morgan fingerprint density at radius 2 is 1.94 bits per heavy atom. The first kappa shape index (κ1) is 22.9. The number of nitrogens with zero attached hydrogens (tertiary/aromatic N) is 3. The molecule has 1 saturated heterocycles. The van der Waals surface area contributed by atoms with Crippen molar-refractivity contribution in [3.8, 4) is 0 Å². The third-order valence-corrected chi connectivity index (χ3v) is 7.03. The third-order valence-electron chi connectivity index (χ3n) is 5.26. The van der Waals surface area contributed by atoms with Crippen molar-refractivity contribution in [2.45, 2.75) is 31.3 Å². The van der Waals surface area contributed by atoms with Crippen molar-refractivity contribution in [2.24, 2.45) is 13.0 Å². The van der Waals surface area contributed by atoms with Gasteiger partial charge in [-0.25, -0.2) is 17.8 Å². The standard InChI is InChI=1S/C20H25FN4O5S/c1-14-23-19(12-24(14)2)31(28,29)25-9-7-15(8-10-25)20(27)30-13-18(26)22-11-16-5-3-4-6-17(16)21/h3-6,12,15H,7-11,13H2,1-2H3,(H,22,26). The second-order valence-electron chi connectivity index (χ2n) is 7.39. The Balaban J connectivity index is 1.44. The summed E-state index contributed by atoms with van der Waals surface area (Å²) in [5.41, 5.74) is 0.332. The predicted molar refractivity (Wildman–Crippen MR) is 109 cm³/mol. The molecule has 1 aliphatic rings. The van der Waals surface area contributed by atoms with E-state index in [4.69, 9.17) is 4.74 Å². The maximum atomic E-state index is 13.6. The molecule has 168 valence electrons. The number of rotatable bonds is 7. The lowest BCUT2D eigenvalue weighted by Gasteiger charge is -2.29. The Morgan fingerprint density at radius 1 is 1.26 bits per heavy atom. The first-order valence-electron chi connectivity index (χ1n) is 9.85. The molecule has 1 N–H and O–H groups in total.